The predicted molar refractivity (Wildman–Crippen MR) is 77.7 cm³/mol. The van der Waals surface area contributed by atoms with Gasteiger partial charge in [-0.2, -0.15) is 0 Å². The molecule has 1 aliphatic rings. The third-order valence-corrected chi connectivity index (χ3v) is 3.76. The summed E-state index contributed by atoms with van der Waals surface area (Å²) in [5.74, 6) is -4.17. The molecule has 124 valence electrons. The van der Waals surface area contributed by atoms with Crippen LogP contribution >= 0.6 is 0 Å². The quantitative estimate of drug-likeness (QED) is 0.598. The molecule has 1 fully saturated rings. The minimum absolute atomic E-state index is 0.0437. The number of aryl methyl sites for hydroxylation is 1. The van der Waals surface area contributed by atoms with Crippen LogP contribution in [0.5, 0.6) is 5.75 Å². The first-order valence-electron chi connectivity index (χ1n) is 6.98. The van der Waals surface area contributed by atoms with Gasteiger partial charge in [-0.3, -0.25) is 9.59 Å². The van der Waals surface area contributed by atoms with Gasteiger partial charge in [-0.15, -0.1) is 0 Å². The fourth-order valence-electron chi connectivity index (χ4n) is 2.69. The van der Waals surface area contributed by atoms with Crippen molar-refractivity contribution in [2.75, 3.05) is 6.54 Å². The number of benzene rings is 1. The fourth-order valence-corrected chi connectivity index (χ4v) is 2.69. The van der Waals surface area contributed by atoms with Gasteiger partial charge in [0.25, 0.3) is 0 Å². The highest BCUT2D eigenvalue weighted by Gasteiger charge is 2.43. The van der Waals surface area contributed by atoms with E-state index >= 15 is 0 Å². The van der Waals surface area contributed by atoms with Gasteiger partial charge in [-0.05, 0) is 19.1 Å². The topological polar surface area (TPSA) is 133 Å². The molecule has 1 aromatic carbocycles. The molecule has 1 aromatic rings. The van der Waals surface area contributed by atoms with E-state index in [4.69, 9.17) is 14.9 Å². The number of carboxylic acids is 3. The molecule has 0 aromatic heterocycles. The number of rotatable bonds is 6. The van der Waals surface area contributed by atoms with Crippen LogP contribution in [-0.4, -0.2) is 51.9 Å². The maximum Gasteiger partial charge on any atom is 0.339 e. The van der Waals surface area contributed by atoms with E-state index in [1.807, 2.05) is 0 Å². The lowest BCUT2D eigenvalue weighted by atomic mass is 9.94. The number of hydrogen-bond acceptors (Lipinski definition) is 5. The van der Waals surface area contributed by atoms with Gasteiger partial charge >= 0.3 is 17.9 Å². The molecule has 1 unspecified atom stereocenters. The van der Waals surface area contributed by atoms with Crippen molar-refractivity contribution < 1.29 is 34.4 Å². The first-order valence-corrected chi connectivity index (χ1v) is 6.98. The molecule has 0 saturated carbocycles. The summed E-state index contributed by atoms with van der Waals surface area (Å²) in [7, 11) is 0. The van der Waals surface area contributed by atoms with Crippen molar-refractivity contribution in [3.63, 3.8) is 0 Å². The highest BCUT2D eigenvalue weighted by atomic mass is 16.5. The molecule has 4 N–H and O–H groups in total. The van der Waals surface area contributed by atoms with Crippen molar-refractivity contribution in [3.8, 4) is 5.75 Å². The van der Waals surface area contributed by atoms with Gasteiger partial charge in [0.05, 0.1) is 6.42 Å². The van der Waals surface area contributed by atoms with E-state index in [1.54, 1.807) is 13.0 Å². The Morgan fingerprint density at radius 2 is 1.96 bits per heavy atom. The smallest absolute Gasteiger partial charge is 0.339 e. The van der Waals surface area contributed by atoms with Crippen LogP contribution in [0.15, 0.2) is 18.2 Å². The van der Waals surface area contributed by atoms with Crippen LogP contribution in [0.4, 0.5) is 0 Å². The lowest BCUT2D eigenvalue weighted by Crippen LogP contribution is -2.38. The van der Waals surface area contributed by atoms with E-state index in [0.717, 1.165) is 5.56 Å². The Kier molecular flexibility index (Phi) is 4.85. The molecule has 0 radical (unpaired) electrons. The zero-order valence-corrected chi connectivity index (χ0v) is 12.4. The number of carbonyl (C=O) groups is 3. The Balaban J connectivity index is 2.26. The minimum Gasteiger partial charge on any atom is -0.488 e. The van der Waals surface area contributed by atoms with E-state index < -0.39 is 36.0 Å². The molecule has 8 heteroatoms. The van der Waals surface area contributed by atoms with E-state index in [9.17, 15) is 19.5 Å². The van der Waals surface area contributed by atoms with Crippen LogP contribution < -0.4 is 10.1 Å². The molecule has 3 atom stereocenters. The molecular weight excluding hydrogens is 306 g/mol. The van der Waals surface area contributed by atoms with Crippen LogP contribution in [0.1, 0.15) is 22.3 Å². The van der Waals surface area contributed by atoms with Crippen molar-refractivity contribution >= 4 is 17.9 Å². The fraction of sp³-hybridized carbons (Fsp3) is 0.400. The van der Waals surface area contributed by atoms with Gasteiger partial charge in [0.1, 0.15) is 23.5 Å². The molecule has 8 nitrogen and oxygen atoms in total. The number of hydrogen-bond donors (Lipinski definition) is 4. The van der Waals surface area contributed by atoms with Crippen molar-refractivity contribution in [1.29, 1.82) is 0 Å². The molecule has 1 heterocycles. The Bertz CT molecular complexity index is 643. The summed E-state index contributed by atoms with van der Waals surface area (Å²) in [4.78, 5) is 33.5. The molecular formula is C15H17NO7. The average molecular weight is 323 g/mol. The van der Waals surface area contributed by atoms with Crippen LogP contribution in [0.3, 0.4) is 0 Å². The monoisotopic (exact) mass is 323 g/mol. The maximum absolute atomic E-state index is 11.3. The van der Waals surface area contributed by atoms with Crippen molar-refractivity contribution in [2.24, 2.45) is 5.92 Å². The SMILES string of the molecule is Cc1ccc(OC2CN[C@H](C(=O)O)[C@H]2CC(=O)O)c(C(=O)O)c1. The third-order valence-electron chi connectivity index (χ3n) is 3.76. The Hall–Kier alpha value is -2.61. The summed E-state index contributed by atoms with van der Waals surface area (Å²) in [6.45, 7) is 1.86. The molecule has 0 bridgehead atoms. The predicted octanol–water partition coefficient (Wildman–Crippen LogP) is 0.588. The number of carboxylic acid groups (broad SMARTS) is 3. The standard InChI is InChI=1S/C15H17NO7/c1-7-2-3-10(9(4-7)14(19)20)23-11-6-16-13(15(21)22)8(11)5-12(17)18/h2-4,8,11,13,16H,5-6H2,1H3,(H,17,18)(H,19,20)(H,21,22)/t8-,11?,13-/m0/s1. The Morgan fingerprint density at radius 3 is 2.52 bits per heavy atom. The first-order chi connectivity index (χ1) is 10.8. The zero-order valence-electron chi connectivity index (χ0n) is 12.4. The van der Waals surface area contributed by atoms with Crippen LogP contribution in [0.2, 0.25) is 0 Å². The van der Waals surface area contributed by atoms with Gasteiger partial charge in [0, 0.05) is 12.5 Å². The second kappa shape index (κ2) is 6.66. The average Bonchev–Trinajstić information content (AvgIpc) is 2.83. The third kappa shape index (κ3) is 3.78. The maximum atomic E-state index is 11.3. The van der Waals surface area contributed by atoms with Gasteiger partial charge in [-0.1, -0.05) is 11.6 Å². The van der Waals surface area contributed by atoms with Crippen LogP contribution in [0, 0.1) is 12.8 Å². The number of nitrogens with one attached hydrogen (secondary N) is 1. The lowest BCUT2D eigenvalue weighted by Gasteiger charge is -2.22. The summed E-state index contributed by atoms with van der Waals surface area (Å²) in [6.07, 6.45) is -1.13. The number of ether oxygens (including phenoxy) is 1. The Morgan fingerprint density at radius 1 is 1.26 bits per heavy atom. The lowest BCUT2D eigenvalue weighted by molar-refractivity contribution is -0.142. The summed E-state index contributed by atoms with van der Waals surface area (Å²) in [5.41, 5.74) is 0.697. The summed E-state index contributed by atoms with van der Waals surface area (Å²) in [6, 6.07) is 3.56. The molecule has 0 amide bonds. The summed E-state index contributed by atoms with van der Waals surface area (Å²) in [5, 5.41) is 30.1. The summed E-state index contributed by atoms with van der Waals surface area (Å²) < 4.78 is 5.65. The Labute approximate surface area is 131 Å². The highest BCUT2D eigenvalue weighted by Crippen LogP contribution is 2.28. The van der Waals surface area contributed by atoms with E-state index in [2.05, 4.69) is 5.32 Å². The molecule has 0 aliphatic carbocycles. The van der Waals surface area contributed by atoms with E-state index in [-0.39, 0.29) is 24.3 Å². The number of aliphatic carboxylic acids is 2. The molecule has 1 saturated heterocycles. The molecule has 2 rings (SSSR count). The van der Waals surface area contributed by atoms with Crippen molar-refractivity contribution in [3.05, 3.63) is 29.3 Å². The second-order valence-corrected chi connectivity index (χ2v) is 5.45. The molecule has 0 spiro atoms. The van der Waals surface area contributed by atoms with Crippen molar-refractivity contribution in [2.45, 2.75) is 25.5 Å². The van der Waals surface area contributed by atoms with E-state index in [1.165, 1.54) is 12.1 Å². The zero-order chi connectivity index (χ0) is 17.1. The first kappa shape index (κ1) is 16.8. The van der Waals surface area contributed by atoms with Gasteiger partial charge in [-0.25, -0.2) is 4.79 Å². The summed E-state index contributed by atoms with van der Waals surface area (Å²) >= 11 is 0. The van der Waals surface area contributed by atoms with Crippen molar-refractivity contribution in [1.82, 2.24) is 5.32 Å². The van der Waals surface area contributed by atoms with Gasteiger partial charge in [0.15, 0.2) is 0 Å². The number of aromatic carboxylic acids is 1. The van der Waals surface area contributed by atoms with Gasteiger partial charge < -0.3 is 25.4 Å². The second-order valence-electron chi connectivity index (χ2n) is 5.45. The van der Waals surface area contributed by atoms with Crippen LogP contribution in [-0.2, 0) is 9.59 Å². The molecule has 23 heavy (non-hydrogen) atoms. The highest BCUT2D eigenvalue weighted by molar-refractivity contribution is 5.91. The van der Waals surface area contributed by atoms with Gasteiger partial charge in [0.2, 0.25) is 0 Å². The minimum atomic E-state index is -1.17. The molecule has 1 aliphatic heterocycles. The van der Waals surface area contributed by atoms with Crippen LogP contribution in [0.25, 0.3) is 0 Å². The largest absolute Gasteiger partial charge is 0.488 e. The normalized spacial score (nSPS) is 23.4. The van der Waals surface area contributed by atoms with E-state index in [0.29, 0.717) is 0 Å².